The van der Waals surface area contributed by atoms with Gasteiger partial charge in [-0.05, 0) is 12.1 Å². The Kier molecular flexibility index (Phi) is 1.86. The standard InChI is InChI=1S/C11H8N6/c12-5-7-6-14-17(10(7)13)11-15-8-3-1-2-4-9(8)16-11/h1-4,6H,(H3,13,14,15,16)/p+1. The topological polar surface area (TPSA) is 98.2 Å². The highest BCUT2D eigenvalue weighted by Crippen LogP contribution is 2.11. The molecular weight excluding hydrogens is 216 g/mol. The van der Waals surface area contributed by atoms with Crippen LogP contribution in [0.15, 0.2) is 30.5 Å². The second kappa shape index (κ2) is 3.35. The minimum Gasteiger partial charge on any atom is -0.332 e. The molecule has 6 nitrogen and oxygen atoms in total. The third-order valence-corrected chi connectivity index (χ3v) is 2.56. The zero-order chi connectivity index (χ0) is 11.8. The molecule has 2 aromatic heterocycles. The van der Waals surface area contributed by atoms with E-state index in [4.69, 9.17) is 11.0 Å². The molecule has 82 valence electrons. The number of nitrogens with one attached hydrogen (secondary N) is 2. The number of para-hydroxylation sites is 2. The van der Waals surface area contributed by atoms with Crippen molar-refractivity contribution >= 4 is 16.9 Å². The lowest BCUT2D eigenvalue weighted by molar-refractivity contribution is -0.647. The van der Waals surface area contributed by atoms with Gasteiger partial charge < -0.3 is 5.73 Å². The fourth-order valence-electron chi connectivity index (χ4n) is 1.70. The van der Waals surface area contributed by atoms with Gasteiger partial charge in [0, 0.05) is 0 Å². The van der Waals surface area contributed by atoms with Crippen LogP contribution >= 0.6 is 0 Å². The van der Waals surface area contributed by atoms with E-state index in [2.05, 4.69) is 15.1 Å². The van der Waals surface area contributed by atoms with Crippen molar-refractivity contribution in [2.45, 2.75) is 0 Å². The first-order chi connectivity index (χ1) is 8.29. The summed E-state index contributed by atoms with van der Waals surface area (Å²) in [5.41, 5.74) is 7.98. The molecule has 0 aliphatic rings. The highest BCUT2D eigenvalue weighted by molar-refractivity contribution is 5.75. The molecular formula is C11H9N6+. The SMILES string of the molecule is N#Cc1c[nH][n+](-c2nc3ccccc3[nH]2)c1N. The molecule has 0 aliphatic carbocycles. The number of nitrogens with zero attached hydrogens (tertiary/aromatic N) is 3. The number of benzene rings is 1. The second-order valence-corrected chi connectivity index (χ2v) is 3.60. The first kappa shape index (κ1) is 9.42. The van der Waals surface area contributed by atoms with Gasteiger partial charge in [-0.3, -0.25) is 10.1 Å². The number of nitrogens with two attached hydrogens (primary N) is 1. The largest absolute Gasteiger partial charge is 0.374 e. The number of anilines is 1. The number of rotatable bonds is 1. The number of nitrogen functional groups attached to an aromatic ring is 1. The fraction of sp³-hybridized carbons (Fsp3) is 0. The quantitative estimate of drug-likeness (QED) is 0.529. The lowest BCUT2D eigenvalue weighted by Gasteiger charge is -1.90. The molecule has 0 fully saturated rings. The number of hydrogen-bond acceptors (Lipinski definition) is 3. The summed E-state index contributed by atoms with van der Waals surface area (Å²) in [6.07, 6.45) is 1.54. The van der Waals surface area contributed by atoms with Crippen molar-refractivity contribution in [3.8, 4) is 12.0 Å². The van der Waals surface area contributed by atoms with Gasteiger partial charge >= 0.3 is 5.95 Å². The number of hydrogen-bond donors (Lipinski definition) is 3. The zero-order valence-corrected chi connectivity index (χ0v) is 8.81. The zero-order valence-electron chi connectivity index (χ0n) is 8.81. The van der Waals surface area contributed by atoms with Gasteiger partial charge in [-0.2, -0.15) is 5.26 Å². The molecule has 0 amide bonds. The fourth-order valence-corrected chi connectivity index (χ4v) is 1.70. The van der Waals surface area contributed by atoms with Crippen LogP contribution in [0.2, 0.25) is 0 Å². The van der Waals surface area contributed by atoms with Crippen LogP contribution in [0, 0.1) is 11.3 Å². The van der Waals surface area contributed by atoms with Crippen molar-refractivity contribution < 1.29 is 4.68 Å². The Hall–Kier alpha value is -2.81. The van der Waals surface area contributed by atoms with Crippen molar-refractivity contribution in [2.75, 3.05) is 5.73 Å². The molecule has 1 aromatic carbocycles. The Bertz CT molecular complexity index is 697. The van der Waals surface area contributed by atoms with Crippen LogP contribution in [-0.2, 0) is 0 Å². The van der Waals surface area contributed by atoms with Crippen LogP contribution in [0.4, 0.5) is 5.82 Å². The molecule has 2 heterocycles. The maximum absolute atomic E-state index is 8.82. The number of aromatic amines is 2. The molecule has 17 heavy (non-hydrogen) atoms. The molecule has 0 saturated heterocycles. The monoisotopic (exact) mass is 225 g/mol. The summed E-state index contributed by atoms with van der Waals surface area (Å²) >= 11 is 0. The summed E-state index contributed by atoms with van der Waals surface area (Å²) in [5, 5.41) is 11.7. The summed E-state index contributed by atoms with van der Waals surface area (Å²) in [6.45, 7) is 0. The lowest BCUT2D eigenvalue weighted by Crippen LogP contribution is -2.36. The van der Waals surface area contributed by atoms with Gasteiger partial charge in [-0.15, -0.1) is 9.67 Å². The molecule has 0 unspecified atom stereocenters. The summed E-state index contributed by atoms with van der Waals surface area (Å²) in [5.74, 6) is 0.900. The van der Waals surface area contributed by atoms with Crippen LogP contribution in [0.1, 0.15) is 5.56 Å². The minimum atomic E-state index is 0.339. The maximum Gasteiger partial charge on any atom is 0.374 e. The molecule has 0 radical (unpaired) electrons. The van der Waals surface area contributed by atoms with E-state index >= 15 is 0 Å². The van der Waals surface area contributed by atoms with E-state index in [0.717, 1.165) is 11.0 Å². The van der Waals surface area contributed by atoms with Crippen LogP contribution in [0.5, 0.6) is 0 Å². The van der Waals surface area contributed by atoms with Gasteiger partial charge in [0.05, 0.1) is 6.20 Å². The smallest absolute Gasteiger partial charge is 0.332 e. The second-order valence-electron chi connectivity index (χ2n) is 3.60. The average molecular weight is 225 g/mol. The van der Waals surface area contributed by atoms with Crippen LogP contribution in [0.3, 0.4) is 0 Å². The molecule has 3 aromatic rings. The third kappa shape index (κ3) is 1.33. The minimum absolute atomic E-state index is 0.339. The highest BCUT2D eigenvalue weighted by atomic mass is 15.4. The highest BCUT2D eigenvalue weighted by Gasteiger charge is 2.17. The van der Waals surface area contributed by atoms with Crippen LogP contribution in [0.25, 0.3) is 17.0 Å². The van der Waals surface area contributed by atoms with Crippen LogP contribution in [-0.4, -0.2) is 15.1 Å². The third-order valence-electron chi connectivity index (χ3n) is 2.56. The Balaban J connectivity index is 2.21. The molecule has 0 spiro atoms. The van der Waals surface area contributed by atoms with Crippen LogP contribution < -0.4 is 10.4 Å². The van der Waals surface area contributed by atoms with Crippen molar-refractivity contribution in [2.24, 2.45) is 0 Å². The van der Waals surface area contributed by atoms with Gasteiger partial charge in [0.2, 0.25) is 5.82 Å². The number of aromatic nitrogens is 4. The van der Waals surface area contributed by atoms with Crippen molar-refractivity contribution in [3.05, 3.63) is 36.0 Å². The number of imidazole rings is 1. The van der Waals surface area contributed by atoms with Gasteiger partial charge in [-0.25, -0.2) is 0 Å². The molecule has 0 saturated carbocycles. The van der Waals surface area contributed by atoms with Gasteiger partial charge in [0.1, 0.15) is 17.1 Å². The van der Waals surface area contributed by atoms with Crippen molar-refractivity contribution in [3.63, 3.8) is 0 Å². The molecule has 0 bridgehead atoms. The molecule has 0 aliphatic heterocycles. The Labute approximate surface area is 96.3 Å². The van der Waals surface area contributed by atoms with E-state index in [-0.39, 0.29) is 0 Å². The number of fused-ring (bicyclic) bond motifs is 1. The van der Waals surface area contributed by atoms with E-state index in [1.54, 1.807) is 10.9 Å². The molecule has 3 rings (SSSR count). The Morgan fingerprint density at radius 3 is 2.88 bits per heavy atom. The Morgan fingerprint density at radius 1 is 1.35 bits per heavy atom. The summed E-state index contributed by atoms with van der Waals surface area (Å²) < 4.78 is 1.54. The van der Waals surface area contributed by atoms with Gasteiger partial charge in [0.25, 0.3) is 0 Å². The first-order valence-electron chi connectivity index (χ1n) is 5.04. The normalized spacial score (nSPS) is 10.5. The molecule has 6 heteroatoms. The van der Waals surface area contributed by atoms with Crippen molar-refractivity contribution in [1.82, 2.24) is 15.1 Å². The average Bonchev–Trinajstić information content (AvgIpc) is 2.91. The first-order valence-corrected chi connectivity index (χ1v) is 5.04. The van der Waals surface area contributed by atoms with E-state index in [1.807, 2.05) is 30.3 Å². The maximum atomic E-state index is 8.82. The Morgan fingerprint density at radius 2 is 2.18 bits per heavy atom. The van der Waals surface area contributed by atoms with Gasteiger partial charge in [-0.1, -0.05) is 12.1 Å². The molecule has 4 N–H and O–H groups in total. The summed E-state index contributed by atoms with van der Waals surface area (Å²) in [6, 6.07) is 9.67. The summed E-state index contributed by atoms with van der Waals surface area (Å²) in [4.78, 5) is 7.50. The molecule has 0 atom stereocenters. The lowest BCUT2D eigenvalue weighted by atomic mass is 10.3. The number of nitriles is 1. The van der Waals surface area contributed by atoms with Gasteiger partial charge in [0.15, 0.2) is 5.52 Å². The predicted octanol–water partition coefficient (Wildman–Crippen LogP) is 0.622. The van der Waals surface area contributed by atoms with E-state index in [0.29, 0.717) is 17.3 Å². The predicted molar refractivity (Wildman–Crippen MR) is 61.1 cm³/mol. The van der Waals surface area contributed by atoms with E-state index < -0.39 is 0 Å². The summed E-state index contributed by atoms with van der Waals surface area (Å²) in [7, 11) is 0. The van der Waals surface area contributed by atoms with Crippen molar-refractivity contribution in [1.29, 1.82) is 5.26 Å². The number of H-pyrrole nitrogens is 2. The van der Waals surface area contributed by atoms with E-state index in [1.165, 1.54) is 0 Å². The van der Waals surface area contributed by atoms with E-state index in [9.17, 15) is 0 Å².